The van der Waals surface area contributed by atoms with Crippen LogP contribution in [0.25, 0.3) is 0 Å². The maximum Gasteiger partial charge on any atom is 0.242 e. The Kier molecular flexibility index (Phi) is 5.12. The van der Waals surface area contributed by atoms with Crippen LogP contribution in [-0.2, 0) is 4.79 Å². The van der Waals surface area contributed by atoms with Crippen LogP contribution in [0.3, 0.4) is 0 Å². The number of nitrogens with two attached hydrogens (primary N) is 1. The van der Waals surface area contributed by atoms with Crippen molar-refractivity contribution < 1.29 is 4.79 Å². The molecule has 0 bridgehead atoms. The Morgan fingerprint density at radius 2 is 2.05 bits per heavy atom. The molecule has 0 aromatic carbocycles. The lowest BCUT2D eigenvalue weighted by molar-refractivity contribution is -0.129. The van der Waals surface area contributed by atoms with E-state index in [2.05, 4.69) is 4.98 Å². The van der Waals surface area contributed by atoms with Crippen LogP contribution < -0.4 is 10.6 Å². The fraction of sp³-hybridized carbons (Fsp3) is 0.462. The van der Waals surface area contributed by atoms with Gasteiger partial charge in [0.05, 0.1) is 12.2 Å². The molecule has 102 valence electrons. The third kappa shape index (κ3) is 3.58. The van der Waals surface area contributed by atoms with Crippen LogP contribution in [0.1, 0.15) is 19.5 Å². The number of nitrogens with zero attached hydrogens (tertiary/aromatic N) is 4. The third-order valence-electron chi connectivity index (χ3n) is 2.90. The van der Waals surface area contributed by atoms with E-state index in [1.165, 1.54) is 0 Å². The molecule has 0 aliphatic heterocycles. The van der Waals surface area contributed by atoms with Gasteiger partial charge in [0.1, 0.15) is 11.9 Å². The minimum atomic E-state index is 0.0321. The van der Waals surface area contributed by atoms with Gasteiger partial charge in [0, 0.05) is 20.1 Å². The SMILES string of the molecule is CCN(CC)C(=O)CN(C)c1ccc(N)c(C#N)n1. The number of hydrogen-bond donors (Lipinski definition) is 1. The number of likely N-dealkylation sites (N-methyl/N-ethyl adjacent to an activating group) is 2. The van der Waals surface area contributed by atoms with Crippen molar-refractivity contribution in [2.24, 2.45) is 0 Å². The highest BCUT2D eigenvalue weighted by atomic mass is 16.2. The predicted octanol–water partition coefficient (Wildman–Crippen LogP) is 0.840. The Balaban J connectivity index is 2.81. The van der Waals surface area contributed by atoms with E-state index >= 15 is 0 Å². The highest BCUT2D eigenvalue weighted by Crippen LogP contribution is 2.15. The van der Waals surface area contributed by atoms with Crippen LogP contribution in [0.2, 0.25) is 0 Å². The zero-order chi connectivity index (χ0) is 14.4. The van der Waals surface area contributed by atoms with Crippen LogP contribution in [0, 0.1) is 11.3 Å². The molecule has 1 rings (SSSR count). The molecule has 0 saturated heterocycles. The van der Waals surface area contributed by atoms with Crippen molar-refractivity contribution in [3.63, 3.8) is 0 Å². The van der Waals surface area contributed by atoms with Gasteiger partial charge in [-0.05, 0) is 26.0 Å². The number of carbonyl (C=O) groups is 1. The van der Waals surface area contributed by atoms with Crippen LogP contribution in [0.5, 0.6) is 0 Å². The summed E-state index contributed by atoms with van der Waals surface area (Å²) in [5.74, 6) is 0.593. The first-order valence-corrected chi connectivity index (χ1v) is 6.19. The summed E-state index contributed by atoms with van der Waals surface area (Å²) in [7, 11) is 1.76. The highest BCUT2D eigenvalue weighted by molar-refractivity contribution is 5.81. The molecule has 0 unspecified atom stereocenters. The Morgan fingerprint density at radius 1 is 1.42 bits per heavy atom. The summed E-state index contributed by atoms with van der Waals surface area (Å²) in [6.07, 6.45) is 0. The number of amides is 1. The van der Waals surface area contributed by atoms with Crippen molar-refractivity contribution in [2.45, 2.75) is 13.8 Å². The molecular formula is C13H19N5O. The molecular weight excluding hydrogens is 242 g/mol. The van der Waals surface area contributed by atoms with Gasteiger partial charge in [0.15, 0.2) is 5.69 Å². The fourth-order valence-electron chi connectivity index (χ4n) is 1.72. The van der Waals surface area contributed by atoms with Crippen molar-refractivity contribution in [1.29, 1.82) is 5.26 Å². The Morgan fingerprint density at radius 3 is 2.58 bits per heavy atom. The molecule has 1 aromatic rings. The second-order valence-corrected chi connectivity index (χ2v) is 4.14. The minimum absolute atomic E-state index is 0.0321. The summed E-state index contributed by atoms with van der Waals surface area (Å²) in [6, 6.07) is 5.26. The van der Waals surface area contributed by atoms with Gasteiger partial charge >= 0.3 is 0 Å². The minimum Gasteiger partial charge on any atom is -0.396 e. The lowest BCUT2D eigenvalue weighted by Crippen LogP contribution is -2.39. The Bertz CT molecular complexity index is 490. The Hall–Kier alpha value is -2.29. The van der Waals surface area contributed by atoms with Crippen LogP contribution in [0.15, 0.2) is 12.1 Å². The summed E-state index contributed by atoms with van der Waals surface area (Å²) in [6.45, 7) is 5.47. The van der Waals surface area contributed by atoms with E-state index in [1.807, 2.05) is 19.9 Å². The number of aromatic nitrogens is 1. The van der Waals surface area contributed by atoms with Gasteiger partial charge in [-0.1, -0.05) is 0 Å². The lowest BCUT2D eigenvalue weighted by atomic mass is 10.3. The number of rotatable bonds is 5. The number of carbonyl (C=O) groups excluding carboxylic acids is 1. The van der Waals surface area contributed by atoms with Gasteiger partial charge in [-0.3, -0.25) is 4.79 Å². The molecule has 0 atom stereocenters. The standard InChI is InChI=1S/C13H19N5O/c1-4-18(5-2)13(19)9-17(3)12-7-6-10(15)11(8-14)16-12/h6-7H,4-5,9,15H2,1-3H3. The van der Waals surface area contributed by atoms with Gasteiger partial charge in [-0.15, -0.1) is 0 Å². The van der Waals surface area contributed by atoms with Crippen LogP contribution in [0.4, 0.5) is 11.5 Å². The molecule has 0 spiro atoms. The Labute approximate surface area is 113 Å². The second-order valence-electron chi connectivity index (χ2n) is 4.14. The molecule has 0 fully saturated rings. The highest BCUT2D eigenvalue weighted by Gasteiger charge is 2.14. The summed E-state index contributed by atoms with van der Waals surface area (Å²) >= 11 is 0. The van der Waals surface area contributed by atoms with Crippen molar-refractivity contribution in [3.05, 3.63) is 17.8 Å². The largest absolute Gasteiger partial charge is 0.396 e. The van der Waals surface area contributed by atoms with Crippen molar-refractivity contribution in [2.75, 3.05) is 37.3 Å². The summed E-state index contributed by atoms with van der Waals surface area (Å²) < 4.78 is 0. The van der Waals surface area contributed by atoms with E-state index in [4.69, 9.17) is 11.0 Å². The van der Waals surface area contributed by atoms with Gasteiger partial charge < -0.3 is 15.5 Å². The molecule has 0 aliphatic rings. The van der Waals surface area contributed by atoms with E-state index < -0.39 is 0 Å². The van der Waals surface area contributed by atoms with E-state index in [0.717, 1.165) is 0 Å². The van der Waals surface area contributed by atoms with Gasteiger partial charge in [0.25, 0.3) is 0 Å². The lowest BCUT2D eigenvalue weighted by Gasteiger charge is -2.23. The predicted molar refractivity (Wildman–Crippen MR) is 74.6 cm³/mol. The monoisotopic (exact) mass is 261 g/mol. The molecule has 1 heterocycles. The molecule has 6 nitrogen and oxygen atoms in total. The molecule has 0 aliphatic carbocycles. The molecule has 6 heteroatoms. The number of nitrogen functional groups attached to an aromatic ring is 1. The third-order valence-corrected chi connectivity index (χ3v) is 2.90. The maximum atomic E-state index is 12.0. The van der Waals surface area contributed by atoms with Crippen LogP contribution >= 0.6 is 0 Å². The molecule has 0 saturated carbocycles. The molecule has 1 amide bonds. The maximum absolute atomic E-state index is 12.0. The van der Waals surface area contributed by atoms with Crippen LogP contribution in [-0.4, -0.2) is 42.5 Å². The average molecular weight is 261 g/mol. The molecule has 1 aromatic heterocycles. The number of nitriles is 1. The first kappa shape index (κ1) is 14.8. The van der Waals surface area contributed by atoms with E-state index in [1.54, 1.807) is 29.0 Å². The molecule has 19 heavy (non-hydrogen) atoms. The zero-order valence-electron chi connectivity index (χ0n) is 11.6. The van der Waals surface area contributed by atoms with Crippen molar-refractivity contribution in [3.8, 4) is 6.07 Å². The first-order chi connectivity index (χ1) is 9.03. The topological polar surface area (TPSA) is 86.3 Å². The molecule has 2 N–H and O–H groups in total. The summed E-state index contributed by atoms with van der Waals surface area (Å²) in [4.78, 5) is 19.6. The van der Waals surface area contributed by atoms with E-state index in [9.17, 15) is 4.79 Å². The van der Waals surface area contributed by atoms with E-state index in [0.29, 0.717) is 24.6 Å². The smallest absolute Gasteiger partial charge is 0.242 e. The van der Waals surface area contributed by atoms with Gasteiger partial charge in [-0.2, -0.15) is 5.26 Å². The number of pyridine rings is 1. The average Bonchev–Trinajstić information content (AvgIpc) is 2.40. The van der Waals surface area contributed by atoms with Crippen molar-refractivity contribution in [1.82, 2.24) is 9.88 Å². The summed E-state index contributed by atoms with van der Waals surface area (Å²) in [5, 5.41) is 8.88. The van der Waals surface area contributed by atoms with E-state index in [-0.39, 0.29) is 18.1 Å². The normalized spacial score (nSPS) is 9.79. The second kappa shape index (κ2) is 6.59. The zero-order valence-corrected chi connectivity index (χ0v) is 11.6. The first-order valence-electron chi connectivity index (χ1n) is 6.19. The number of hydrogen-bond acceptors (Lipinski definition) is 5. The molecule has 0 radical (unpaired) electrons. The number of anilines is 2. The van der Waals surface area contributed by atoms with Gasteiger partial charge in [-0.25, -0.2) is 4.98 Å². The summed E-state index contributed by atoms with van der Waals surface area (Å²) in [5.41, 5.74) is 6.14. The fourth-order valence-corrected chi connectivity index (χ4v) is 1.72. The quantitative estimate of drug-likeness (QED) is 0.848. The van der Waals surface area contributed by atoms with Gasteiger partial charge in [0.2, 0.25) is 5.91 Å². The van der Waals surface area contributed by atoms with Crippen molar-refractivity contribution >= 4 is 17.4 Å².